The van der Waals surface area contributed by atoms with Crippen molar-refractivity contribution in [1.29, 1.82) is 0 Å². The molecule has 0 fully saturated rings. The van der Waals surface area contributed by atoms with E-state index in [4.69, 9.17) is 15.1 Å². The molecule has 4 heteroatoms. The van der Waals surface area contributed by atoms with Crippen molar-refractivity contribution >= 4 is 7.32 Å². The van der Waals surface area contributed by atoms with Crippen molar-refractivity contribution in [3.63, 3.8) is 0 Å². The molecule has 0 saturated heterocycles. The molecule has 0 bridgehead atoms. The van der Waals surface area contributed by atoms with E-state index in [0.29, 0.717) is 0 Å². The normalized spacial score (nSPS) is 8.81. The Hall–Kier alpha value is -0.0551. The molecule has 0 aliphatic rings. The Labute approximate surface area is 102 Å². The zero-order chi connectivity index (χ0) is 11.9. The lowest BCUT2D eigenvalue weighted by Crippen LogP contribution is -2.07. The number of hydrogen-bond donors (Lipinski definition) is 3. The zero-order valence-electron chi connectivity index (χ0n) is 10.3. The second-order valence-electron chi connectivity index (χ2n) is 3.82. The maximum absolute atomic E-state index is 7.17. The summed E-state index contributed by atoms with van der Waals surface area (Å²) in [4.78, 5) is 0. The van der Waals surface area contributed by atoms with Crippen molar-refractivity contribution in [1.82, 2.24) is 0 Å². The van der Waals surface area contributed by atoms with Crippen molar-refractivity contribution in [2.24, 2.45) is 0 Å². The first kappa shape index (κ1) is 21.3. The van der Waals surface area contributed by atoms with Gasteiger partial charge in [-0.1, -0.05) is 79.1 Å². The lowest BCUT2D eigenvalue weighted by Gasteiger charge is -1.98. The molecule has 0 aliphatic carbocycles. The first-order chi connectivity index (χ1) is 7.15. The van der Waals surface area contributed by atoms with Gasteiger partial charge in [0.1, 0.15) is 0 Å². The average Bonchev–Trinajstić information content (AvgIpc) is 2.16. The molecule has 100 valence electrons. The summed E-state index contributed by atoms with van der Waals surface area (Å²) in [6.45, 7) is 4.55. The molecule has 0 unspecified atom stereocenters. The molecule has 16 heavy (non-hydrogen) atoms. The van der Waals surface area contributed by atoms with Crippen LogP contribution in [-0.4, -0.2) is 22.4 Å². The highest BCUT2D eigenvalue weighted by molar-refractivity contribution is 6.30. The maximum atomic E-state index is 7.17. The van der Waals surface area contributed by atoms with Gasteiger partial charge in [0.15, 0.2) is 0 Å². The van der Waals surface area contributed by atoms with Crippen LogP contribution < -0.4 is 0 Å². The zero-order valence-corrected chi connectivity index (χ0v) is 10.3. The third-order valence-corrected chi connectivity index (χ3v) is 2.21. The molecule has 3 nitrogen and oxygen atoms in total. The molecule has 0 heterocycles. The largest absolute Gasteiger partial charge is 0.631 e. The summed E-state index contributed by atoms with van der Waals surface area (Å²) >= 11 is 0. The third-order valence-electron chi connectivity index (χ3n) is 2.21. The second-order valence-corrected chi connectivity index (χ2v) is 3.82. The van der Waals surface area contributed by atoms with Crippen LogP contribution in [0.25, 0.3) is 0 Å². The standard InChI is InChI=1S/C11H24.CH4.BH3O3/c1-3-5-7-9-11-10-8-6-4-2;;2-1(3)4/h3-11H2,1-2H3;1H4;2-4H. The maximum Gasteiger partial charge on any atom is 0.631 e. The van der Waals surface area contributed by atoms with Gasteiger partial charge in [0.25, 0.3) is 0 Å². The van der Waals surface area contributed by atoms with Gasteiger partial charge in [-0.05, 0) is 0 Å². The fourth-order valence-electron chi connectivity index (χ4n) is 1.38. The van der Waals surface area contributed by atoms with E-state index < -0.39 is 7.32 Å². The van der Waals surface area contributed by atoms with Gasteiger partial charge in [0.2, 0.25) is 0 Å². The summed E-state index contributed by atoms with van der Waals surface area (Å²) in [5, 5.41) is 21.5. The van der Waals surface area contributed by atoms with Gasteiger partial charge in [-0.3, -0.25) is 0 Å². The van der Waals surface area contributed by atoms with Crippen LogP contribution in [0.15, 0.2) is 0 Å². The highest BCUT2D eigenvalue weighted by Crippen LogP contribution is 2.08. The lowest BCUT2D eigenvalue weighted by atomic mass is 10.1. The molecular weight excluding hydrogens is 203 g/mol. The molecule has 0 atom stereocenters. The van der Waals surface area contributed by atoms with E-state index in [1.165, 1.54) is 57.8 Å². The van der Waals surface area contributed by atoms with E-state index >= 15 is 0 Å². The summed E-state index contributed by atoms with van der Waals surface area (Å²) in [6, 6.07) is 0. The molecule has 0 spiro atoms. The molecular formula is C12H31BO3. The monoisotopic (exact) mass is 234 g/mol. The van der Waals surface area contributed by atoms with Crippen molar-refractivity contribution in [2.45, 2.75) is 79.1 Å². The Morgan fingerprint density at radius 3 is 1.00 bits per heavy atom. The molecule has 0 amide bonds. The van der Waals surface area contributed by atoms with Crippen LogP contribution in [0.4, 0.5) is 0 Å². The summed E-state index contributed by atoms with van der Waals surface area (Å²) in [7, 11) is -2.17. The van der Waals surface area contributed by atoms with E-state index in [0.717, 1.165) is 0 Å². The Bertz CT molecular complexity index is 89.5. The number of hydrogen-bond acceptors (Lipinski definition) is 3. The fraction of sp³-hybridized carbons (Fsp3) is 1.00. The van der Waals surface area contributed by atoms with Gasteiger partial charge in [-0.25, -0.2) is 0 Å². The van der Waals surface area contributed by atoms with E-state index in [1.807, 2.05) is 0 Å². The molecule has 0 aromatic heterocycles. The van der Waals surface area contributed by atoms with E-state index in [-0.39, 0.29) is 7.43 Å². The van der Waals surface area contributed by atoms with Gasteiger partial charge in [0.05, 0.1) is 0 Å². The summed E-state index contributed by atoms with van der Waals surface area (Å²) in [5.74, 6) is 0. The minimum atomic E-state index is -2.17. The van der Waals surface area contributed by atoms with Gasteiger partial charge in [-0.2, -0.15) is 0 Å². The van der Waals surface area contributed by atoms with Gasteiger partial charge >= 0.3 is 7.32 Å². The predicted molar refractivity (Wildman–Crippen MR) is 72.0 cm³/mol. The van der Waals surface area contributed by atoms with Crippen molar-refractivity contribution in [3.8, 4) is 0 Å². The van der Waals surface area contributed by atoms with Crippen LogP contribution in [0.5, 0.6) is 0 Å². The molecule has 0 aliphatic heterocycles. The number of unbranched alkanes of at least 4 members (excludes halogenated alkanes) is 8. The van der Waals surface area contributed by atoms with Crippen LogP contribution >= 0.6 is 0 Å². The Morgan fingerprint density at radius 2 is 0.812 bits per heavy atom. The third kappa shape index (κ3) is 37.0. The minimum Gasteiger partial charge on any atom is -0.402 e. The van der Waals surface area contributed by atoms with Crippen LogP contribution in [0.3, 0.4) is 0 Å². The molecule has 0 aromatic rings. The molecule has 3 N–H and O–H groups in total. The Morgan fingerprint density at radius 1 is 0.625 bits per heavy atom. The van der Waals surface area contributed by atoms with Crippen molar-refractivity contribution in [2.75, 3.05) is 0 Å². The molecule has 0 saturated carbocycles. The average molecular weight is 234 g/mol. The number of rotatable bonds is 8. The fourth-order valence-corrected chi connectivity index (χ4v) is 1.38. The van der Waals surface area contributed by atoms with Crippen LogP contribution in [0.1, 0.15) is 79.1 Å². The minimum absolute atomic E-state index is 0. The molecule has 0 radical (unpaired) electrons. The Balaban J connectivity index is -0.000000292. The molecule has 0 rings (SSSR count). The van der Waals surface area contributed by atoms with Gasteiger partial charge in [0, 0.05) is 0 Å². The first-order valence-electron chi connectivity index (χ1n) is 6.19. The predicted octanol–water partition coefficient (Wildman–Crippen LogP) is 3.12. The van der Waals surface area contributed by atoms with Gasteiger partial charge in [-0.15, -0.1) is 0 Å². The Kier molecular flexibility index (Phi) is 27.1. The summed E-state index contributed by atoms with van der Waals surface area (Å²) in [6.07, 6.45) is 13.0. The van der Waals surface area contributed by atoms with Crippen molar-refractivity contribution < 1.29 is 15.1 Å². The highest BCUT2D eigenvalue weighted by Gasteiger charge is 1.92. The summed E-state index contributed by atoms with van der Waals surface area (Å²) < 4.78 is 0. The topological polar surface area (TPSA) is 60.7 Å². The second kappa shape index (κ2) is 20.4. The van der Waals surface area contributed by atoms with E-state index in [1.54, 1.807) is 0 Å². The molecule has 0 aromatic carbocycles. The van der Waals surface area contributed by atoms with Crippen LogP contribution in [0.2, 0.25) is 0 Å². The first-order valence-corrected chi connectivity index (χ1v) is 6.19. The van der Waals surface area contributed by atoms with Crippen LogP contribution in [-0.2, 0) is 0 Å². The highest BCUT2D eigenvalue weighted by atomic mass is 16.5. The smallest absolute Gasteiger partial charge is 0.402 e. The van der Waals surface area contributed by atoms with Crippen molar-refractivity contribution in [3.05, 3.63) is 0 Å². The lowest BCUT2D eigenvalue weighted by molar-refractivity contribution is 0.278. The quantitative estimate of drug-likeness (QED) is 0.446. The van der Waals surface area contributed by atoms with E-state index in [9.17, 15) is 0 Å². The SMILES string of the molecule is C.CCCCCCCCCCC.OB(O)O. The van der Waals surface area contributed by atoms with Crippen LogP contribution in [0, 0.1) is 0 Å². The van der Waals surface area contributed by atoms with Gasteiger partial charge < -0.3 is 15.1 Å². The van der Waals surface area contributed by atoms with E-state index in [2.05, 4.69) is 13.8 Å². The summed E-state index contributed by atoms with van der Waals surface area (Å²) in [5.41, 5.74) is 0.